The van der Waals surface area contributed by atoms with Crippen LogP contribution in [0.3, 0.4) is 0 Å². The molecule has 0 saturated carbocycles. The van der Waals surface area contributed by atoms with E-state index in [4.69, 9.17) is 15.2 Å². The maximum atomic E-state index is 12.5. The number of nitrogens with one attached hydrogen (secondary N) is 1. The smallest absolute Gasteiger partial charge is 0.243 e. The molecule has 0 fully saturated rings. The Morgan fingerprint density at radius 1 is 1.32 bits per heavy atom. The summed E-state index contributed by atoms with van der Waals surface area (Å²) in [6, 6.07) is 12.8. The van der Waals surface area contributed by atoms with E-state index in [9.17, 15) is 4.79 Å². The van der Waals surface area contributed by atoms with Gasteiger partial charge in [0.2, 0.25) is 5.91 Å². The monoisotopic (exact) mass is 341 g/mol. The molecule has 132 valence electrons. The number of nitrogen functional groups attached to an aromatic ring is 1. The zero-order valence-corrected chi connectivity index (χ0v) is 14.5. The Balaban J connectivity index is 1.71. The van der Waals surface area contributed by atoms with Crippen LogP contribution in [0.25, 0.3) is 0 Å². The topological polar surface area (TPSA) is 76.8 Å². The van der Waals surface area contributed by atoms with E-state index in [2.05, 4.69) is 12.2 Å². The number of nitrogens with two attached hydrogens (primary N) is 1. The average molecular weight is 341 g/mol. The molecule has 1 amide bonds. The highest BCUT2D eigenvalue weighted by Crippen LogP contribution is 2.35. The van der Waals surface area contributed by atoms with Crippen LogP contribution in [0.5, 0.6) is 11.5 Å². The summed E-state index contributed by atoms with van der Waals surface area (Å²) in [7, 11) is 1.61. The number of benzene rings is 2. The number of fused-ring (bicyclic) bond motifs is 1. The molecular formula is C19H23N3O3. The molecule has 0 saturated heterocycles. The van der Waals surface area contributed by atoms with E-state index in [0.29, 0.717) is 12.2 Å². The average Bonchev–Trinajstić information content (AvgIpc) is 2.61. The summed E-state index contributed by atoms with van der Waals surface area (Å²) in [6.45, 7) is 2.99. The quantitative estimate of drug-likeness (QED) is 0.818. The minimum atomic E-state index is -0.0790. The summed E-state index contributed by atoms with van der Waals surface area (Å²) < 4.78 is 11.1. The van der Waals surface area contributed by atoms with Gasteiger partial charge in [-0.1, -0.05) is 6.92 Å². The summed E-state index contributed by atoms with van der Waals surface area (Å²) in [5, 5.41) is 2.91. The molecule has 1 unspecified atom stereocenters. The number of carbonyl (C=O) groups is 1. The first-order chi connectivity index (χ1) is 12.1. The van der Waals surface area contributed by atoms with Crippen molar-refractivity contribution in [2.24, 2.45) is 0 Å². The Morgan fingerprint density at radius 2 is 2.08 bits per heavy atom. The predicted octanol–water partition coefficient (Wildman–Crippen LogP) is 2.89. The Kier molecular flexibility index (Phi) is 4.97. The lowest BCUT2D eigenvalue weighted by molar-refractivity contribution is -0.115. The van der Waals surface area contributed by atoms with E-state index < -0.39 is 0 Å². The summed E-state index contributed by atoms with van der Waals surface area (Å²) in [4.78, 5) is 14.5. The molecule has 0 radical (unpaired) electrons. The second-order valence-electron chi connectivity index (χ2n) is 6.03. The molecule has 25 heavy (non-hydrogen) atoms. The molecule has 2 aromatic rings. The van der Waals surface area contributed by atoms with Gasteiger partial charge in [0, 0.05) is 17.4 Å². The van der Waals surface area contributed by atoms with E-state index >= 15 is 0 Å². The van der Waals surface area contributed by atoms with Crippen LogP contribution in [0.15, 0.2) is 42.5 Å². The Labute approximate surface area is 147 Å². The van der Waals surface area contributed by atoms with Gasteiger partial charge < -0.3 is 25.4 Å². The largest absolute Gasteiger partial charge is 0.497 e. The number of amides is 1. The highest BCUT2D eigenvalue weighted by atomic mass is 16.5. The molecule has 0 aliphatic carbocycles. The second-order valence-corrected chi connectivity index (χ2v) is 6.03. The molecule has 1 aliphatic rings. The summed E-state index contributed by atoms with van der Waals surface area (Å²) in [5.41, 5.74) is 8.14. The van der Waals surface area contributed by atoms with Crippen molar-refractivity contribution in [3.05, 3.63) is 42.5 Å². The Hall–Kier alpha value is -2.89. The van der Waals surface area contributed by atoms with Gasteiger partial charge in [0.15, 0.2) is 0 Å². The Bertz CT molecular complexity index is 746. The second kappa shape index (κ2) is 7.34. The van der Waals surface area contributed by atoms with Crippen molar-refractivity contribution >= 4 is 23.0 Å². The number of hydrogen-bond donors (Lipinski definition) is 2. The number of methoxy groups -OCH3 is 1. The minimum Gasteiger partial charge on any atom is -0.497 e. The highest BCUT2D eigenvalue weighted by molar-refractivity contribution is 5.94. The molecule has 3 N–H and O–H groups in total. The molecule has 6 nitrogen and oxygen atoms in total. The molecule has 2 aromatic carbocycles. The van der Waals surface area contributed by atoms with Crippen LogP contribution in [0.2, 0.25) is 0 Å². The highest BCUT2D eigenvalue weighted by Gasteiger charge is 2.26. The predicted molar refractivity (Wildman–Crippen MR) is 99.4 cm³/mol. The molecule has 1 atom stereocenters. The lowest BCUT2D eigenvalue weighted by atomic mass is 10.1. The summed E-state index contributed by atoms with van der Waals surface area (Å²) >= 11 is 0. The maximum Gasteiger partial charge on any atom is 0.243 e. The van der Waals surface area contributed by atoms with Crippen LogP contribution in [0.4, 0.5) is 17.1 Å². The number of nitrogens with zero attached hydrogens (tertiary/aromatic N) is 1. The summed E-state index contributed by atoms with van der Waals surface area (Å²) in [5.74, 6) is 1.41. The minimum absolute atomic E-state index is 0.0445. The third-order valence-corrected chi connectivity index (χ3v) is 4.21. The first kappa shape index (κ1) is 17.0. The van der Waals surface area contributed by atoms with Crippen molar-refractivity contribution in [2.45, 2.75) is 19.4 Å². The zero-order valence-electron chi connectivity index (χ0n) is 14.5. The fourth-order valence-electron chi connectivity index (χ4n) is 2.86. The number of anilines is 3. The van der Waals surface area contributed by atoms with Crippen LogP contribution in [0.1, 0.15) is 13.3 Å². The van der Waals surface area contributed by atoms with Crippen LogP contribution in [-0.2, 0) is 4.79 Å². The molecule has 3 rings (SSSR count). The molecular weight excluding hydrogens is 318 g/mol. The van der Waals surface area contributed by atoms with Gasteiger partial charge >= 0.3 is 0 Å². The Morgan fingerprint density at radius 3 is 2.76 bits per heavy atom. The van der Waals surface area contributed by atoms with E-state index in [-0.39, 0.29) is 18.6 Å². The number of ether oxygens (including phenoxy) is 2. The fraction of sp³-hybridized carbons (Fsp3) is 0.316. The normalized spacial score (nSPS) is 15.9. The van der Waals surface area contributed by atoms with Gasteiger partial charge in [-0.25, -0.2) is 0 Å². The zero-order chi connectivity index (χ0) is 17.8. The van der Waals surface area contributed by atoms with Crippen molar-refractivity contribution in [1.29, 1.82) is 0 Å². The molecule has 0 spiro atoms. The van der Waals surface area contributed by atoms with Gasteiger partial charge in [-0.05, 0) is 42.8 Å². The number of carbonyl (C=O) groups excluding carboxylic acids is 1. The van der Waals surface area contributed by atoms with Gasteiger partial charge in [0.25, 0.3) is 0 Å². The number of hydrogen-bond acceptors (Lipinski definition) is 5. The van der Waals surface area contributed by atoms with Crippen molar-refractivity contribution < 1.29 is 14.3 Å². The van der Waals surface area contributed by atoms with Crippen molar-refractivity contribution in [1.82, 2.24) is 0 Å². The van der Waals surface area contributed by atoms with Crippen LogP contribution in [0, 0.1) is 0 Å². The first-order valence-electron chi connectivity index (χ1n) is 8.34. The van der Waals surface area contributed by atoms with Crippen LogP contribution >= 0.6 is 0 Å². The third-order valence-electron chi connectivity index (χ3n) is 4.21. The van der Waals surface area contributed by atoms with Crippen molar-refractivity contribution in [3.63, 3.8) is 0 Å². The van der Waals surface area contributed by atoms with Gasteiger partial charge in [-0.2, -0.15) is 0 Å². The van der Waals surface area contributed by atoms with Crippen molar-refractivity contribution in [2.75, 3.05) is 36.1 Å². The lowest BCUT2D eigenvalue weighted by Crippen LogP contribution is -2.43. The SMILES string of the molecule is CCC1CN(CC(=O)Nc2ccc(OC)cc2)c2ccc(N)cc2O1. The molecule has 6 heteroatoms. The van der Waals surface area contributed by atoms with Gasteiger partial charge in [0.1, 0.15) is 17.6 Å². The molecule has 1 aliphatic heterocycles. The maximum absolute atomic E-state index is 12.5. The van der Waals surface area contributed by atoms with E-state index in [1.54, 1.807) is 7.11 Å². The summed E-state index contributed by atoms with van der Waals surface area (Å²) in [6.07, 6.45) is 0.910. The molecule has 1 heterocycles. The van der Waals surface area contributed by atoms with Gasteiger partial charge in [-0.15, -0.1) is 0 Å². The molecule has 0 bridgehead atoms. The lowest BCUT2D eigenvalue weighted by Gasteiger charge is -2.35. The van der Waals surface area contributed by atoms with Crippen LogP contribution in [-0.4, -0.2) is 32.2 Å². The first-order valence-corrected chi connectivity index (χ1v) is 8.34. The number of rotatable bonds is 5. The van der Waals surface area contributed by atoms with Crippen LogP contribution < -0.4 is 25.4 Å². The third kappa shape index (κ3) is 3.96. The van der Waals surface area contributed by atoms with E-state index in [0.717, 1.165) is 29.3 Å². The van der Waals surface area contributed by atoms with E-state index in [1.165, 1.54) is 0 Å². The van der Waals surface area contributed by atoms with Crippen molar-refractivity contribution in [3.8, 4) is 11.5 Å². The van der Waals surface area contributed by atoms with Gasteiger partial charge in [-0.3, -0.25) is 4.79 Å². The van der Waals surface area contributed by atoms with Gasteiger partial charge in [0.05, 0.1) is 25.9 Å². The fourth-order valence-corrected chi connectivity index (χ4v) is 2.86. The molecule has 0 aromatic heterocycles. The standard InChI is InChI=1S/C19H23N3O3/c1-3-15-11-22(17-9-4-13(20)10-18(17)25-15)12-19(23)21-14-5-7-16(24-2)8-6-14/h4-10,15H,3,11-12,20H2,1-2H3,(H,21,23). The van der Waals surface area contributed by atoms with E-state index in [1.807, 2.05) is 47.4 Å².